The average Bonchev–Trinajstić information content (AvgIpc) is 2.39. The van der Waals surface area contributed by atoms with E-state index in [0.29, 0.717) is 10.7 Å². The molecule has 0 radical (unpaired) electrons. The van der Waals surface area contributed by atoms with Gasteiger partial charge in [-0.05, 0) is 24.5 Å². The number of hydrogen-bond donors (Lipinski definition) is 1. The van der Waals surface area contributed by atoms with Crippen LogP contribution in [0.25, 0.3) is 0 Å². The molecular formula is C13H24N2S2. The third-order valence-electron chi connectivity index (χ3n) is 3.93. The summed E-state index contributed by atoms with van der Waals surface area (Å²) in [5.41, 5.74) is 0.555. The largest absolute Gasteiger partial charge is 0.364 e. The monoisotopic (exact) mass is 272 g/mol. The van der Waals surface area contributed by atoms with Gasteiger partial charge in [-0.15, -0.1) is 0 Å². The molecule has 0 amide bonds. The number of thioether (sulfide) groups is 2. The molecule has 0 bridgehead atoms. The Morgan fingerprint density at radius 1 is 1.41 bits per heavy atom. The second kappa shape index (κ2) is 6.37. The molecule has 1 spiro atoms. The molecule has 1 aliphatic heterocycles. The van der Waals surface area contributed by atoms with Crippen molar-refractivity contribution in [3.8, 4) is 0 Å². The molecule has 1 unspecified atom stereocenters. The predicted octanol–water partition coefficient (Wildman–Crippen LogP) is 3.38. The van der Waals surface area contributed by atoms with E-state index in [1.54, 1.807) is 0 Å². The molecule has 1 fully saturated rings. The molecule has 1 saturated carbocycles. The van der Waals surface area contributed by atoms with Gasteiger partial charge in [0.1, 0.15) is 0 Å². The predicted molar refractivity (Wildman–Crippen MR) is 81.3 cm³/mol. The lowest BCUT2D eigenvalue weighted by molar-refractivity contribution is 0.232. The van der Waals surface area contributed by atoms with Crippen LogP contribution >= 0.6 is 23.5 Å². The number of amidine groups is 1. The lowest BCUT2D eigenvalue weighted by Crippen LogP contribution is -2.38. The van der Waals surface area contributed by atoms with Gasteiger partial charge in [-0.1, -0.05) is 37.9 Å². The molecule has 2 nitrogen and oxygen atoms in total. The minimum atomic E-state index is 0.555. The lowest BCUT2D eigenvalue weighted by Gasteiger charge is -2.38. The van der Waals surface area contributed by atoms with Gasteiger partial charge in [-0.3, -0.25) is 4.99 Å². The first-order chi connectivity index (χ1) is 8.24. The quantitative estimate of drug-likeness (QED) is 0.852. The van der Waals surface area contributed by atoms with Crippen LogP contribution in [0.1, 0.15) is 39.0 Å². The van der Waals surface area contributed by atoms with E-state index in [1.807, 2.05) is 23.5 Å². The number of nitrogens with zero attached hydrogens (tertiary/aromatic N) is 1. The van der Waals surface area contributed by atoms with E-state index in [4.69, 9.17) is 4.99 Å². The SMILES string of the molecule is CSC(C)CNC1=NCC2(CCCCC2)CS1. The van der Waals surface area contributed by atoms with Gasteiger partial charge in [-0.25, -0.2) is 0 Å². The molecule has 0 aromatic rings. The molecule has 0 aromatic carbocycles. The van der Waals surface area contributed by atoms with Crippen molar-refractivity contribution in [1.82, 2.24) is 5.32 Å². The fourth-order valence-electron chi connectivity index (χ4n) is 2.58. The van der Waals surface area contributed by atoms with Crippen molar-refractivity contribution in [3.63, 3.8) is 0 Å². The molecule has 17 heavy (non-hydrogen) atoms. The summed E-state index contributed by atoms with van der Waals surface area (Å²) in [5.74, 6) is 1.28. The van der Waals surface area contributed by atoms with E-state index in [9.17, 15) is 0 Å². The van der Waals surface area contributed by atoms with Crippen molar-refractivity contribution in [2.75, 3.05) is 25.1 Å². The highest BCUT2D eigenvalue weighted by Crippen LogP contribution is 2.41. The van der Waals surface area contributed by atoms with Crippen molar-refractivity contribution >= 4 is 28.7 Å². The van der Waals surface area contributed by atoms with Gasteiger partial charge >= 0.3 is 0 Å². The van der Waals surface area contributed by atoms with Crippen LogP contribution in [0.15, 0.2) is 4.99 Å². The maximum absolute atomic E-state index is 4.77. The Balaban J connectivity index is 1.80. The molecule has 1 aliphatic carbocycles. The van der Waals surface area contributed by atoms with Gasteiger partial charge in [0.25, 0.3) is 0 Å². The third kappa shape index (κ3) is 3.82. The van der Waals surface area contributed by atoms with Crippen LogP contribution in [0, 0.1) is 5.41 Å². The first kappa shape index (κ1) is 13.6. The molecule has 1 heterocycles. The maximum atomic E-state index is 4.77. The Bertz CT molecular complexity index is 273. The zero-order valence-electron chi connectivity index (χ0n) is 11.0. The fraction of sp³-hybridized carbons (Fsp3) is 0.923. The van der Waals surface area contributed by atoms with Crippen LogP contribution in [0.2, 0.25) is 0 Å². The lowest BCUT2D eigenvalue weighted by atomic mass is 9.75. The van der Waals surface area contributed by atoms with Gasteiger partial charge in [-0.2, -0.15) is 11.8 Å². The molecule has 2 rings (SSSR count). The van der Waals surface area contributed by atoms with Gasteiger partial charge in [0.15, 0.2) is 5.17 Å². The van der Waals surface area contributed by atoms with E-state index in [2.05, 4.69) is 18.5 Å². The van der Waals surface area contributed by atoms with E-state index in [1.165, 1.54) is 43.0 Å². The number of rotatable bonds is 3. The Morgan fingerprint density at radius 3 is 2.76 bits per heavy atom. The summed E-state index contributed by atoms with van der Waals surface area (Å²) in [6.45, 7) is 4.37. The summed E-state index contributed by atoms with van der Waals surface area (Å²) < 4.78 is 0. The summed E-state index contributed by atoms with van der Waals surface area (Å²) in [5, 5.41) is 5.34. The molecule has 0 aromatic heterocycles. The van der Waals surface area contributed by atoms with Crippen molar-refractivity contribution in [2.24, 2.45) is 10.4 Å². The number of nitrogens with one attached hydrogen (secondary N) is 1. The Hall–Kier alpha value is 0.170. The molecule has 1 atom stereocenters. The number of aliphatic imine (C=N–C) groups is 1. The summed E-state index contributed by atoms with van der Waals surface area (Å²) in [6.07, 6.45) is 9.24. The highest BCUT2D eigenvalue weighted by Gasteiger charge is 2.34. The van der Waals surface area contributed by atoms with Crippen molar-refractivity contribution < 1.29 is 0 Å². The normalized spacial score (nSPS) is 25.4. The standard InChI is InChI=1S/C13H24N2S2/c1-11(16-2)8-14-12-15-9-13(10-17-12)6-4-3-5-7-13/h11H,3-10H2,1-2H3,(H,14,15). The number of hydrogen-bond acceptors (Lipinski definition) is 4. The van der Waals surface area contributed by atoms with Crippen molar-refractivity contribution in [2.45, 2.75) is 44.3 Å². The zero-order valence-corrected chi connectivity index (χ0v) is 12.6. The second-order valence-corrected chi connectivity index (χ2v) is 7.64. The van der Waals surface area contributed by atoms with Crippen LogP contribution in [0.3, 0.4) is 0 Å². The van der Waals surface area contributed by atoms with Crippen molar-refractivity contribution in [1.29, 1.82) is 0 Å². The highest BCUT2D eigenvalue weighted by atomic mass is 32.2. The van der Waals surface area contributed by atoms with Gasteiger partial charge < -0.3 is 5.32 Å². The topological polar surface area (TPSA) is 24.4 Å². The summed E-state index contributed by atoms with van der Waals surface area (Å²) >= 11 is 3.86. The second-order valence-electron chi connectivity index (χ2n) is 5.40. The van der Waals surface area contributed by atoms with Gasteiger partial charge in [0.2, 0.25) is 0 Å². The van der Waals surface area contributed by atoms with E-state index in [-0.39, 0.29) is 0 Å². The van der Waals surface area contributed by atoms with Crippen LogP contribution in [0.4, 0.5) is 0 Å². The zero-order chi connectivity index (χ0) is 12.1. The Morgan fingerprint density at radius 2 is 2.18 bits per heavy atom. The van der Waals surface area contributed by atoms with E-state index in [0.717, 1.165) is 13.1 Å². The van der Waals surface area contributed by atoms with Gasteiger partial charge in [0.05, 0.1) is 0 Å². The maximum Gasteiger partial charge on any atom is 0.156 e. The molecular weight excluding hydrogens is 248 g/mol. The molecule has 98 valence electrons. The van der Waals surface area contributed by atoms with Crippen LogP contribution in [-0.2, 0) is 0 Å². The Kier molecular flexibility index (Phi) is 5.10. The van der Waals surface area contributed by atoms with Gasteiger partial charge in [0, 0.05) is 24.1 Å². The molecule has 1 N–H and O–H groups in total. The van der Waals surface area contributed by atoms with E-state index >= 15 is 0 Å². The molecule has 4 heteroatoms. The first-order valence-electron chi connectivity index (χ1n) is 6.68. The third-order valence-corrected chi connectivity index (χ3v) is 6.21. The minimum absolute atomic E-state index is 0.555. The summed E-state index contributed by atoms with van der Waals surface area (Å²) in [7, 11) is 0. The van der Waals surface area contributed by atoms with E-state index < -0.39 is 0 Å². The molecule has 0 saturated heterocycles. The Labute approximate surface area is 114 Å². The molecule has 2 aliphatic rings. The van der Waals surface area contributed by atoms with Crippen LogP contribution < -0.4 is 5.32 Å². The summed E-state index contributed by atoms with van der Waals surface area (Å²) in [4.78, 5) is 4.77. The fourth-order valence-corrected chi connectivity index (χ4v) is 3.99. The average molecular weight is 272 g/mol. The van der Waals surface area contributed by atoms with Crippen molar-refractivity contribution in [3.05, 3.63) is 0 Å². The highest BCUT2D eigenvalue weighted by molar-refractivity contribution is 8.13. The van der Waals surface area contributed by atoms with Crippen LogP contribution in [0.5, 0.6) is 0 Å². The van der Waals surface area contributed by atoms with Crippen LogP contribution in [-0.4, -0.2) is 35.5 Å². The summed E-state index contributed by atoms with van der Waals surface area (Å²) in [6, 6.07) is 0. The smallest absolute Gasteiger partial charge is 0.156 e. The minimum Gasteiger partial charge on any atom is -0.364 e. The first-order valence-corrected chi connectivity index (χ1v) is 8.95.